The summed E-state index contributed by atoms with van der Waals surface area (Å²) < 4.78 is 5.16. The molecule has 2 aromatic heterocycles. The standard InChI is InChI=1S/C17H17N3O2S/c1-3-14-15(11(2)20-22-14)16(21)19-17-18-10-13(23-17)9-12-7-5-4-6-8-12/h4-8,10H,3,9H2,1-2H3,(H,18,19,21). The van der Waals surface area contributed by atoms with Crippen molar-refractivity contribution in [3.05, 3.63) is 64.0 Å². The molecule has 23 heavy (non-hydrogen) atoms. The molecule has 0 spiro atoms. The Balaban J connectivity index is 1.71. The molecular weight excluding hydrogens is 310 g/mol. The number of thiazole rings is 1. The van der Waals surface area contributed by atoms with Gasteiger partial charge in [0.15, 0.2) is 5.13 Å². The molecule has 5 nitrogen and oxygen atoms in total. The van der Waals surface area contributed by atoms with Crippen LogP contribution in [0.5, 0.6) is 0 Å². The molecule has 0 saturated carbocycles. The lowest BCUT2D eigenvalue weighted by Gasteiger charge is -2.01. The third kappa shape index (κ3) is 3.48. The maximum Gasteiger partial charge on any atom is 0.262 e. The van der Waals surface area contributed by atoms with E-state index in [4.69, 9.17) is 4.52 Å². The third-order valence-corrected chi connectivity index (χ3v) is 4.39. The first-order valence-electron chi connectivity index (χ1n) is 7.42. The predicted molar refractivity (Wildman–Crippen MR) is 89.9 cm³/mol. The van der Waals surface area contributed by atoms with E-state index in [9.17, 15) is 4.79 Å². The van der Waals surface area contributed by atoms with Gasteiger partial charge in [0.05, 0.1) is 5.69 Å². The number of hydrogen-bond acceptors (Lipinski definition) is 5. The van der Waals surface area contributed by atoms with E-state index in [2.05, 4.69) is 27.6 Å². The SMILES string of the molecule is CCc1onc(C)c1C(=O)Nc1ncc(Cc2ccccc2)s1. The number of nitrogens with zero attached hydrogens (tertiary/aromatic N) is 2. The van der Waals surface area contributed by atoms with Crippen LogP contribution in [-0.4, -0.2) is 16.0 Å². The summed E-state index contributed by atoms with van der Waals surface area (Å²) in [7, 11) is 0. The Hall–Kier alpha value is -2.47. The molecule has 3 aromatic rings. The first-order valence-corrected chi connectivity index (χ1v) is 8.24. The van der Waals surface area contributed by atoms with E-state index in [1.165, 1.54) is 16.9 Å². The number of rotatable bonds is 5. The first-order chi connectivity index (χ1) is 11.2. The van der Waals surface area contributed by atoms with Gasteiger partial charge in [0.1, 0.15) is 11.3 Å². The van der Waals surface area contributed by atoms with Crippen molar-refractivity contribution >= 4 is 22.4 Å². The minimum Gasteiger partial charge on any atom is -0.360 e. The van der Waals surface area contributed by atoms with Crippen LogP contribution in [0.3, 0.4) is 0 Å². The van der Waals surface area contributed by atoms with Crippen LogP contribution in [0.1, 0.15) is 39.2 Å². The number of nitrogens with one attached hydrogen (secondary N) is 1. The van der Waals surface area contributed by atoms with Gasteiger partial charge in [0, 0.05) is 23.9 Å². The molecule has 0 saturated heterocycles. The van der Waals surface area contributed by atoms with Gasteiger partial charge >= 0.3 is 0 Å². The highest BCUT2D eigenvalue weighted by molar-refractivity contribution is 7.15. The van der Waals surface area contributed by atoms with Crippen LogP contribution >= 0.6 is 11.3 Å². The maximum atomic E-state index is 12.4. The van der Waals surface area contributed by atoms with Crippen molar-refractivity contribution in [1.29, 1.82) is 0 Å². The molecule has 0 unspecified atom stereocenters. The van der Waals surface area contributed by atoms with Gasteiger partial charge in [-0.25, -0.2) is 4.98 Å². The summed E-state index contributed by atoms with van der Waals surface area (Å²) in [6.07, 6.45) is 3.23. The second kappa shape index (κ2) is 6.75. The molecule has 0 aliphatic carbocycles. The third-order valence-electron chi connectivity index (χ3n) is 3.48. The molecule has 1 N–H and O–H groups in total. The van der Waals surface area contributed by atoms with Crippen LogP contribution in [0.4, 0.5) is 5.13 Å². The Bertz CT molecular complexity index is 808. The molecule has 1 aromatic carbocycles. The van der Waals surface area contributed by atoms with Crippen molar-refractivity contribution in [3.63, 3.8) is 0 Å². The van der Waals surface area contributed by atoms with E-state index < -0.39 is 0 Å². The van der Waals surface area contributed by atoms with E-state index in [-0.39, 0.29) is 5.91 Å². The molecule has 1 amide bonds. The quantitative estimate of drug-likeness (QED) is 0.773. The molecule has 0 aliphatic heterocycles. The van der Waals surface area contributed by atoms with Crippen molar-refractivity contribution in [2.45, 2.75) is 26.7 Å². The predicted octanol–water partition coefficient (Wildman–Crippen LogP) is 3.85. The lowest BCUT2D eigenvalue weighted by molar-refractivity contribution is 0.102. The Labute approximate surface area is 138 Å². The summed E-state index contributed by atoms with van der Waals surface area (Å²) in [6.45, 7) is 3.69. The normalized spacial score (nSPS) is 10.7. The molecule has 6 heteroatoms. The van der Waals surface area contributed by atoms with Gasteiger partial charge < -0.3 is 4.52 Å². The highest BCUT2D eigenvalue weighted by Crippen LogP contribution is 2.23. The molecule has 3 rings (SSSR count). The summed E-state index contributed by atoms with van der Waals surface area (Å²) in [5.41, 5.74) is 2.32. The van der Waals surface area contributed by atoms with Crippen LogP contribution < -0.4 is 5.32 Å². The Kier molecular flexibility index (Phi) is 4.52. The molecule has 0 radical (unpaired) electrons. The van der Waals surface area contributed by atoms with E-state index in [1.54, 1.807) is 13.1 Å². The fraction of sp³-hybridized carbons (Fsp3) is 0.235. The topological polar surface area (TPSA) is 68.0 Å². The molecular formula is C17H17N3O2S. The Morgan fingerprint density at radius 2 is 2.09 bits per heavy atom. The van der Waals surface area contributed by atoms with Crippen LogP contribution in [0.2, 0.25) is 0 Å². The number of carbonyl (C=O) groups is 1. The zero-order valence-electron chi connectivity index (χ0n) is 13.0. The van der Waals surface area contributed by atoms with Crippen molar-refractivity contribution in [1.82, 2.24) is 10.1 Å². The van der Waals surface area contributed by atoms with Crippen LogP contribution in [0, 0.1) is 6.92 Å². The number of anilines is 1. The summed E-state index contributed by atoms with van der Waals surface area (Å²) in [5.74, 6) is 0.377. The summed E-state index contributed by atoms with van der Waals surface area (Å²) in [5, 5.41) is 7.28. The van der Waals surface area contributed by atoms with E-state index >= 15 is 0 Å². The van der Waals surface area contributed by atoms with Crippen LogP contribution in [0.25, 0.3) is 0 Å². The lowest BCUT2D eigenvalue weighted by Crippen LogP contribution is -2.13. The fourth-order valence-electron chi connectivity index (χ4n) is 2.35. The first kappa shape index (κ1) is 15.4. The molecule has 0 fully saturated rings. The minimum absolute atomic E-state index is 0.221. The van der Waals surface area contributed by atoms with Gasteiger partial charge in [-0.3, -0.25) is 10.1 Å². The van der Waals surface area contributed by atoms with E-state index in [1.807, 2.05) is 25.1 Å². The minimum atomic E-state index is -0.221. The highest BCUT2D eigenvalue weighted by Gasteiger charge is 2.20. The average molecular weight is 327 g/mol. The Morgan fingerprint density at radius 3 is 2.83 bits per heavy atom. The van der Waals surface area contributed by atoms with E-state index in [0.717, 1.165) is 11.3 Å². The van der Waals surface area contributed by atoms with Gasteiger partial charge in [-0.2, -0.15) is 0 Å². The average Bonchev–Trinajstić information content (AvgIpc) is 3.14. The molecule has 0 aliphatic rings. The number of benzene rings is 1. The monoisotopic (exact) mass is 327 g/mol. The molecule has 0 bridgehead atoms. The fourth-order valence-corrected chi connectivity index (χ4v) is 3.19. The van der Waals surface area contributed by atoms with Crippen LogP contribution in [-0.2, 0) is 12.8 Å². The van der Waals surface area contributed by atoms with Crippen molar-refractivity contribution in [2.24, 2.45) is 0 Å². The van der Waals surface area contributed by atoms with E-state index in [0.29, 0.717) is 28.6 Å². The molecule has 0 atom stereocenters. The number of carbonyl (C=O) groups excluding carboxylic acids is 1. The second-order valence-corrected chi connectivity index (χ2v) is 6.28. The van der Waals surface area contributed by atoms with Crippen molar-refractivity contribution < 1.29 is 9.32 Å². The highest BCUT2D eigenvalue weighted by atomic mass is 32.1. The maximum absolute atomic E-state index is 12.4. The largest absolute Gasteiger partial charge is 0.360 e. The zero-order chi connectivity index (χ0) is 16.2. The molecule has 118 valence electrons. The Morgan fingerprint density at radius 1 is 1.30 bits per heavy atom. The van der Waals surface area contributed by atoms with Crippen molar-refractivity contribution in [3.8, 4) is 0 Å². The number of amides is 1. The number of aromatic nitrogens is 2. The van der Waals surface area contributed by atoms with Crippen LogP contribution in [0.15, 0.2) is 41.1 Å². The summed E-state index contributed by atoms with van der Waals surface area (Å²) >= 11 is 1.48. The number of hydrogen-bond donors (Lipinski definition) is 1. The van der Waals surface area contributed by atoms with Gasteiger partial charge in [-0.1, -0.05) is 42.4 Å². The van der Waals surface area contributed by atoms with Gasteiger partial charge in [-0.05, 0) is 12.5 Å². The van der Waals surface area contributed by atoms with Crippen molar-refractivity contribution in [2.75, 3.05) is 5.32 Å². The smallest absolute Gasteiger partial charge is 0.262 e. The van der Waals surface area contributed by atoms with Gasteiger partial charge in [-0.15, -0.1) is 11.3 Å². The zero-order valence-corrected chi connectivity index (χ0v) is 13.8. The van der Waals surface area contributed by atoms with Gasteiger partial charge in [0.25, 0.3) is 5.91 Å². The number of aryl methyl sites for hydroxylation is 2. The second-order valence-electron chi connectivity index (χ2n) is 5.17. The lowest BCUT2D eigenvalue weighted by atomic mass is 10.1. The summed E-state index contributed by atoms with van der Waals surface area (Å²) in [4.78, 5) is 17.8. The molecule has 2 heterocycles. The summed E-state index contributed by atoms with van der Waals surface area (Å²) in [6, 6.07) is 10.2. The van der Waals surface area contributed by atoms with Gasteiger partial charge in [0.2, 0.25) is 0 Å².